The quantitative estimate of drug-likeness (QED) is 0.375. The van der Waals surface area contributed by atoms with Crippen molar-refractivity contribution < 1.29 is 14.5 Å². The average molecular weight is 402 g/mol. The van der Waals surface area contributed by atoms with Crippen molar-refractivity contribution in [2.75, 3.05) is 5.32 Å². The zero-order valence-electron chi connectivity index (χ0n) is 13.9. The highest BCUT2D eigenvalue weighted by atomic mass is 35.5. The molecule has 0 radical (unpaired) electrons. The number of hydrogen-bond donors (Lipinski definition) is 1. The van der Waals surface area contributed by atoms with Crippen LogP contribution in [-0.2, 0) is 0 Å². The van der Waals surface area contributed by atoms with Crippen LogP contribution in [0.15, 0.2) is 48.5 Å². The molecular formula is C18H12ClN3O4S. The van der Waals surface area contributed by atoms with Crippen molar-refractivity contribution >= 4 is 45.4 Å². The number of Topliss-reactive ketones (excluding diaryl/α,β-unsaturated/α-hetero) is 1. The van der Waals surface area contributed by atoms with Gasteiger partial charge in [-0.25, -0.2) is 4.98 Å². The summed E-state index contributed by atoms with van der Waals surface area (Å²) in [5, 5.41) is 14.0. The third-order valence-electron chi connectivity index (χ3n) is 3.62. The van der Waals surface area contributed by atoms with Gasteiger partial charge in [0.2, 0.25) is 0 Å². The molecule has 0 saturated heterocycles. The summed E-state index contributed by atoms with van der Waals surface area (Å²) in [4.78, 5) is 39.7. The molecule has 0 fully saturated rings. The van der Waals surface area contributed by atoms with Gasteiger partial charge in [0, 0.05) is 23.6 Å². The number of amides is 1. The van der Waals surface area contributed by atoms with Gasteiger partial charge in [-0.15, -0.1) is 0 Å². The number of benzene rings is 2. The van der Waals surface area contributed by atoms with Crippen molar-refractivity contribution in [1.29, 1.82) is 0 Å². The first-order valence-corrected chi connectivity index (χ1v) is 8.88. The molecule has 0 atom stereocenters. The number of halogens is 1. The van der Waals surface area contributed by atoms with Crippen LogP contribution in [0, 0.1) is 10.1 Å². The lowest BCUT2D eigenvalue weighted by Gasteiger charge is -2.03. The third kappa shape index (κ3) is 4.02. The Hall–Kier alpha value is -3.10. The molecule has 1 amide bonds. The highest BCUT2D eigenvalue weighted by Crippen LogP contribution is 2.32. The Morgan fingerprint density at radius 1 is 1.19 bits per heavy atom. The van der Waals surface area contributed by atoms with Crippen LogP contribution in [-0.4, -0.2) is 21.6 Å². The second-order valence-electron chi connectivity index (χ2n) is 5.49. The third-order valence-corrected chi connectivity index (χ3v) is 4.92. The van der Waals surface area contributed by atoms with E-state index in [0.29, 0.717) is 10.6 Å². The van der Waals surface area contributed by atoms with E-state index in [9.17, 15) is 19.7 Å². The van der Waals surface area contributed by atoms with Gasteiger partial charge < -0.3 is 0 Å². The molecule has 0 unspecified atom stereocenters. The molecule has 0 saturated carbocycles. The minimum Gasteiger partial charge on any atom is -0.298 e. The number of hydrogen-bond acceptors (Lipinski definition) is 6. The maximum Gasteiger partial charge on any atom is 0.283 e. The molecule has 0 spiro atoms. The van der Waals surface area contributed by atoms with E-state index in [1.54, 1.807) is 12.1 Å². The average Bonchev–Trinajstić information content (AvgIpc) is 3.06. The van der Waals surface area contributed by atoms with Gasteiger partial charge in [-0.1, -0.05) is 53.3 Å². The lowest BCUT2D eigenvalue weighted by molar-refractivity contribution is -0.385. The Morgan fingerprint density at radius 3 is 2.52 bits per heavy atom. The topological polar surface area (TPSA) is 102 Å². The molecule has 0 aliphatic rings. The molecule has 9 heteroatoms. The second kappa shape index (κ2) is 7.65. The number of aromatic nitrogens is 1. The lowest BCUT2D eigenvalue weighted by atomic mass is 10.1. The van der Waals surface area contributed by atoms with Gasteiger partial charge in [-0.05, 0) is 12.1 Å². The summed E-state index contributed by atoms with van der Waals surface area (Å²) in [6.45, 7) is 1.41. The highest BCUT2D eigenvalue weighted by molar-refractivity contribution is 7.18. The number of thiazole rings is 1. The summed E-state index contributed by atoms with van der Waals surface area (Å²) in [6, 6.07) is 12.8. The van der Waals surface area contributed by atoms with Crippen LogP contribution in [0.25, 0.3) is 11.3 Å². The molecule has 3 rings (SSSR count). The van der Waals surface area contributed by atoms with E-state index in [1.165, 1.54) is 19.1 Å². The molecule has 27 heavy (non-hydrogen) atoms. The molecule has 136 valence electrons. The van der Waals surface area contributed by atoms with E-state index in [1.807, 2.05) is 18.2 Å². The van der Waals surface area contributed by atoms with Crippen molar-refractivity contribution in [2.45, 2.75) is 6.92 Å². The van der Waals surface area contributed by atoms with E-state index >= 15 is 0 Å². The number of rotatable bonds is 5. The molecule has 0 bridgehead atoms. The number of carbonyl (C=O) groups is 2. The predicted octanol–water partition coefficient (Wildman–Crippen LogP) is 4.83. The summed E-state index contributed by atoms with van der Waals surface area (Å²) >= 11 is 6.78. The van der Waals surface area contributed by atoms with Crippen molar-refractivity contribution in [3.05, 3.63) is 74.1 Å². The maximum atomic E-state index is 12.5. The normalized spacial score (nSPS) is 10.4. The molecule has 1 heterocycles. The molecule has 0 aliphatic heterocycles. The van der Waals surface area contributed by atoms with Gasteiger partial charge in [-0.3, -0.25) is 25.0 Å². The van der Waals surface area contributed by atoms with Crippen molar-refractivity contribution in [1.82, 2.24) is 4.98 Å². The van der Waals surface area contributed by atoms with Gasteiger partial charge in [0.25, 0.3) is 11.6 Å². The molecular weight excluding hydrogens is 390 g/mol. The van der Waals surface area contributed by atoms with Crippen LogP contribution in [0.4, 0.5) is 10.8 Å². The largest absolute Gasteiger partial charge is 0.298 e. The molecule has 3 aromatic rings. The first kappa shape index (κ1) is 18.7. The smallest absolute Gasteiger partial charge is 0.283 e. The minimum atomic E-state index is -0.707. The number of nitrogens with one attached hydrogen (secondary N) is 1. The summed E-state index contributed by atoms with van der Waals surface area (Å²) in [6.07, 6.45) is 0. The number of nitrogens with zero attached hydrogens (tertiary/aromatic N) is 2. The summed E-state index contributed by atoms with van der Waals surface area (Å²) in [5.74, 6) is -0.897. The van der Waals surface area contributed by atoms with Gasteiger partial charge in [-0.2, -0.15) is 0 Å². The van der Waals surface area contributed by atoms with Gasteiger partial charge in [0.15, 0.2) is 10.9 Å². The molecule has 7 nitrogen and oxygen atoms in total. The van der Waals surface area contributed by atoms with Crippen molar-refractivity contribution in [3.63, 3.8) is 0 Å². The molecule has 1 N–H and O–H groups in total. The number of anilines is 1. The van der Waals surface area contributed by atoms with E-state index in [2.05, 4.69) is 10.3 Å². The Labute approximate surface area is 162 Å². The number of nitro benzene ring substituents is 1. The SMILES string of the molecule is CC(=O)c1sc(NC(=O)c2ccc(Cl)cc2[N+](=O)[O-])nc1-c1ccccc1. The standard InChI is InChI=1S/C18H12ClN3O4S/c1-10(23)16-15(11-5-3-2-4-6-11)20-18(27-16)21-17(24)13-8-7-12(19)9-14(13)22(25)26/h2-9H,1H3,(H,20,21,24). The van der Waals surface area contributed by atoms with Crippen LogP contribution < -0.4 is 5.32 Å². The van der Waals surface area contributed by atoms with Gasteiger partial charge >= 0.3 is 0 Å². The molecule has 2 aromatic carbocycles. The van der Waals surface area contributed by atoms with Crippen LogP contribution >= 0.6 is 22.9 Å². The van der Waals surface area contributed by atoms with Crippen LogP contribution in [0.5, 0.6) is 0 Å². The van der Waals surface area contributed by atoms with E-state index in [-0.39, 0.29) is 21.5 Å². The van der Waals surface area contributed by atoms with Crippen molar-refractivity contribution in [2.24, 2.45) is 0 Å². The minimum absolute atomic E-state index is 0.148. The van der Waals surface area contributed by atoms with Crippen LogP contribution in [0.1, 0.15) is 27.0 Å². The fourth-order valence-electron chi connectivity index (χ4n) is 2.42. The van der Waals surface area contributed by atoms with Crippen LogP contribution in [0.2, 0.25) is 5.02 Å². The monoisotopic (exact) mass is 401 g/mol. The first-order valence-electron chi connectivity index (χ1n) is 7.69. The number of ketones is 1. The number of nitro groups is 1. The second-order valence-corrected chi connectivity index (χ2v) is 6.93. The molecule has 1 aromatic heterocycles. The summed E-state index contributed by atoms with van der Waals surface area (Å²) in [7, 11) is 0. The first-order chi connectivity index (χ1) is 12.9. The maximum absolute atomic E-state index is 12.5. The Kier molecular flexibility index (Phi) is 5.29. The Bertz CT molecular complexity index is 1050. The van der Waals surface area contributed by atoms with Gasteiger partial charge in [0.05, 0.1) is 15.5 Å². The van der Waals surface area contributed by atoms with Crippen molar-refractivity contribution in [3.8, 4) is 11.3 Å². The molecule has 0 aliphatic carbocycles. The Balaban J connectivity index is 1.96. The number of carbonyl (C=O) groups excluding carboxylic acids is 2. The lowest BCUT2D eigenvalue weighted by Crippen LogP contribution is -2.13. The highest BCUT2D eigenvalue weighted by Gasteiger charge is 2.23. The van der Waals surface area contributed by atoms with Gasteiger partial charge in [0.1, 0.15) is 5.56 Å². The zero-order chi connectivity index (χ0) is 19.6. The van der Waals surface area contributed by atoms with E-state index < -0.39 is 16.5 Å². The van der Waals surface area contributed by atoms with E-state index in [4.69, 9.17) is 11.6 Å². The Morgan fingerprint density at radius 2 is 1.89 bits per heavy atom. The summed E-state index contributed by atoms with van der Waals surface area (Å²) < 4.78 is 0. The predicted molar refractivity (Wildman–Crippen MR) is 104 cm³/mol. The van der Waals surface area contributed by atoms with Crippen LogP contribution in [0.3, 0.4) is 0 Å². The fourth-order valence-corrected chi connectivity index (χ4v) is 3.46. The fraction of sp³-hybridized carbons (Fsp3) is 0.0556. The summed E-state index contributed by atoms with van der Waals surface area (Å²) in [5.41, 5.74) is 0.628. The zero-order valence-corrected chi connectivity index (χ0v) is 15.5. The van der Waals surface area contributed by atoms with E-state index in [0.717, 1.165) is 23.0 Å².